The first-order valence-corrected chi connectivity index (χ1v) is 6.15. The van der Waals surface area contributed by atoms with E-state index in [0.29, 0.717) is 0 Å². The van der Waals surface area contributed by atoms with E-state index in [-0.39, 0.29) is 5.56 Å². The van der Waals surface area contributed by atoms with Crippen LogP contribution in [0.2, 0.25) is 0 Å². The lowest BCUT2D eigenvalue weighted by molar-refractivity contribution is 0.545. The molecule has 2 nitrogen and oxygen atoms in total. The number of nitrogens with two attached hydrogens (primary N) is 1. The van der Waals surface area contributed by atoms with Gasteiger partial charge in [-0.1, -0.05) is 31.2 Å². The molecule has 0 amide bonds. The second-order valence-corrected chi connectivity index (χ2v) is 4.36. The lowest BCUT2D eigenvalue weighted by Crippen LogP contribution is -2.29. The van der Waals surface area contributed by atoms with Gasteiger partial charge in [0, 0.05) is 5.56 Å². The third-order valence-electron chi connectivity index (χ3n) is 3.16. The monoisotopic (exact) mass is 262 g/mol. The van der Waals surface area contributed by atoms with Crippen molar-refractivity contribution in [2.45, 2.75) is 19.4 Å². The van der Waals surface area contributed by atoms with E-state index >= 15 is 0 Å². The molecular weight excluding hydrogens is 246 g/mol. The Labute approximate surface area is 111 Å². The molecule has 0 aliphatic carbocycles. The maximum absolute atomic E-state index is 13.8. The van der Waals surface area contributed by atoms with Crippen LogP contribution in [-0.4, -0.2) is 0 Å². The highest BCUT2D eigenvalue weighted by Crippen LogP contribution is 2.25. The fourth-order valence-electron chi connectivity index (χ4n) is 2.05. The fraction of sp³-hybridized carbons (Fsp3) is 0.200. The van der Waals surface area contributed by atoms with E-state index in [0.717, 1.165) is 30.2 Å². The second kappa shape index (κ2) is 5.91. The van der Waals surface area contributed by atoms with Crippen LogP contribution in [0.1, 0.15) is 29.7 Å². The summed E-state index contributed by atoms with van der Waals surface area (Å²) in [6, 6.07) is 10.4. The number of nitrogens with one attached hydrogen (secondary N) is 1. The summed E-state index contributed by atoms with van der Waals surface area (Å²) in [6.45, 7) is 2.06. The Morgan fingerprint density at radius 1 is 1.11 bits per heavy atom. The van der Waals surface area contributed by atoms with Gasteiger partial charge >= 0.3 is 0 Å². The molecule has 100 valence electrons. The van der Waals surface area contributed by atoms with Crippen molar-refractivity contribution >= 4 is 0 Å². The molecule has 0 aromatic heterocycles. The van der Waals surface area contributed by atoms with Crippen molar-refractivity contribution in [3.05, 3.63) is 70.8 Å². The molecule has 0 radical (unpaired) electrons. The van der Waals surface area contributed by atoms with Gasteiger partial charge in [-0.05, 0) is 35.7 Å². The Kier molecular flexibility index (Phi) is 4.24. The second-order valence-electron chi connectivity index (χ2n) is 4.36. The summed E-state index contributed by atoms with van der Waals surface area (Å²) < 4.78 is 27.0. The molecule has 2 rings (SSSR count). The van der Waals surface area contributed by atoms with Crippen LogP contribution < -0.4 is 11.3 Å². The van der Waals surface area contributed by atoms with Crippen LogP contribution in [0.15, 0.2) is 42.5 Å². The SMILES string of the molecule is CCc1ccc(C(NN)c2cc(F)ccc2F)cc1. The van der Waals surface area contributed by atoms with Crippen molar-refractivity contribution in [3.63, 3.8) is 0 Å². The van der Waals surface area contributed by atoms with Crippen molar-refractivity contribution < 1.29 is 8.78 Å². The van der Waals surface area contributed by atoms with Crippen molar-refractivity contribution in [1.29, 1.82) is 0 Å². The highest BCUT2D eigenvalue weighted by molar-refractivity contribution is 5.34. The molecular formula is C15H16F2N2. The van der Waals surface area contributed by atoms with E-state index in [4.69, 9.17) is 5.84 Å². The summed E-state index contributed by atoms with van der Waals surface area (Å²) in [5.74, 6) is 4.52. The van der Waals surface area contributed by atoms with E-state index in [1.807, 2.05) is 24.3 Å². The molecule has 0 saturated carbocycles. The molecule has 0 heterocycles. The molecule has 1 atom stereocenters. The number of halogens is 2. The van der Waals surface area contributed by atoms with E-state index in [9.17, 15) is 8.78 Å². The standard InChI is InChI=1S/C15H16F2N2/c1-2-10-3-5-11(6-4-10)15(19-18)13-9-12(16)7-8-14(13)17/h3-9,15,19H,2,18H2,1H3. The van der Waals surface area contributed by atoms with Crippen LogP contribution in [0.4, 0.5) is 8.78 Å². The van der Waals surface area contributed by atoms with Gasteiger partial charge in [0.25, 0.3) is 0 Å². The van der Waals surface area contributed by atoms with Gasteiger partial charge in [0.2, 0.25) is 0 Å². The average molecular weight is 262 g/mol. The number of hydrogen-bond donors (Lipinski definition) is 2. The molecule has 0 bridgehead atoms. The quantitative estimate of drug-likeness (QED) is 0.656. The minimum Gasteiger partial charge on any atom is -0.271 e. The molecule has 2 aromatic rings. The highest BCUT2D eigenvalue weighted by atomic mass is 19.1. The van der Waals surface area contributed by atoms with Crippen molar-refractivity contribution in [2.75, 3.05) is 0 Å². The predicted molar refractivity (Wildman–Crippen MR) is 71.3 cm³/mol. The fourth-order valence-corrected chi connectivity index (χ4v) is 2.05. The number of hydrogen-bond acceptors (Lipinski definition) is 2. The van der Waals surface area contributed by atoms with E-state index in [1.54, 1.807) is 0 Å². The Hall–Kier alpha value is -1.78. The Morgan fingerprint density at radius 2 is 1.79 bits per heavy atom. The Bertz CT molecular complexity index is 553. The lowest BCUT2D eigenvalue weighted by atomic mass is 9.97. The van der Waals surface area contributed by atoms with E-state index in [2.05, 4.69) is 12.3 Å². The molecule has 0 saturated heterocycles. The van der Waals surface area contributed by atoms with Crippen molar-refractivity contribution in [2.24, 2.45) is 5.84 Å². The van der Waals surface area contributed by atoms with Gasteiger partial charge in [-0.2, -0.15) is 0 Å². The first-order valence-electron chi connectivity index (χ1n) is 6.15. The van der Waals surface area contributed by atoms with Gasteiger partial charge in [-0.3, -0.25) is 5.84 Å². The van der Waals surface area contributed by atoms with Crippen molar-refractivity contribution in [1.82, 2.24) is 5.43 Å². The van der Waals surface area contributed by atoms with Gasteiger partial charge in [-0.25, -0.2) is 14.2 Å². The minimum absolute atomic E-state index is 0.201. The molecule has 0 aliphatic rings. The van der Waals surface area contributed by atoms with Gasteiger partial charge in [0.05, 0.1) is 6.04 Å². The van der Waals surface area contributed by atoms with Crippen LogP contribution in [0, 0.1) is 11.6 Å². The molecule has 3 N–H and O–H groups in total. The maximum atomic E-state index is 13.8. The summed E-state index contributed by atoms with van der Waals surface area (Å²) >= 11 is 0. The zero-order valence-electron chi connectivity index (χ0n) is 10.7. The minimum atomic E-state index is -0.568. The van der Waals surface area contributed by atoms with Gasteiger partial charge < -0.3 is 0 Å². The van der Waals surface area contributed by atoms with Crippen LogP contribution in [-0.2, 0) is 6.42 Å². The van der Waals surface area contributed by atoms with Crippen LogP contribution >= 0.6 is 0 Å². The van der Waals surface area contributed by atoms with E-state index in [1.165, 1.54) is 5.56 Å². The van der Waals surface area contributed by atoms with Gasteiger partial charge in [-0.15, -0.1) is 0 Å². The third kappa shape index (κ3) is 2.97. The zero-order chi connectivity index (χ0) is 13.8. The number of hydrazine groups is 1. The summed E-state index contributed by atoms with van der Waals surface area (Å²) in [6.07, 6.45) is 0.926. The topological polar surface area (TPSA) is 38.0 Å². The van der Waals surface area contributed by atoms with Crippen LogP contribution in [0.25, 0.3) is 0 Å². The predicted octanol–water partition coefficient (Wildman–Crippen LogP) is 3.08. The Balaban J connectivity index is 2.40. The maximum Gasteiger partial charge on any atom is 0.128 e. The lowest BCUT2D eigenvalue weighted by Gasteiger charge is -2.18. The summed E-state index contributed by atoms with van der Waals surface area (Å²) in [5.41, 5.74) is 4.71. The molecule has 2 aromatic carbocycles. The normalized spacial score (nSPS) is 12.4. The van der Waals surface area contributed by atoms with Crippen LogP contribution in [0.3, 0.4) is 0 Å². The van der Waals surface area contributed by atoms with Gasteiger partial charge in [0.1, 0.15) is 11.6 Å². The molecule has 0 spiro atoms. The smallest absolute Gasteiger partial charge is 0.128 e. The van der Waals surface area contributed by atoms with Crippen molar-refractivity contribution in [3.8, 4) is 0 Å². The summed E-state index contributed by atoms with van der Waals surface area (Å²) in [5, 5.41) is 0. The zero-order valence-corrected chi connectivity index (χ0v) is 10.7. The molecule has 4 heteroatoms. The average Bonchev–Trinajstić information content (AvgIpc) is 2.44. The molecule has 19 heavy (non-hydrogen) atoms. The Morgan fingerprint density at radius 3 is 2.37 bits per heavy atom. The number of aryl methyl sites for hydroxylation is 1. The largest absolute Gasteiger partial charge is 0.271 e. The number of rotatable bonds is 4. The van der Waals surface area contributed by atoms with E-state index < -0.39 is 17.7 Å². The summed E-state index contributed by atoms with van der Waals surface area (Å²) in [4.78, 5) is 0. The third-order valence-corrected chi connectivity index (χ3v) is 3.16. The highest BCUT2D eigenvalue weighted by Gasteiger charge is 2.17. The molecule has 1 unspecified atom stereocenters. The molecule has 0 fully saturated rings. The molecule has 0 aliphatic heterocycles. The number of benzene rings is 2. The van der Waals surface area contributed by atoms with Crippen LogP contribution in [0.5, 0.6) is 0 Å². The van der Waals surface area contributed by atoms with Gasteiger partial charge in [0.15, 0.2) is 0 Å². The first-order chi connectivity index (χ1) is 9.15. The summed E-state index contributed by atoms with van der Waals surface area (Å²) in [7, 11) is 0. The first kappa shape index (κ1) is 13.6.